The minimum absolute atomic E-state index is 0.00729. The molecule has 1 fully saturated rings. The summed E-state index contributed by atoms with van der Waals surface area (Å²) in [7, 11) is 0. The third-order valence-corrected chi connectivity index (χ3v) is 7.32. The first-order chi connectivity index (χ1) is 20.0. The Bertz CT molecular complexity index is 1690. The van der Waals surface area contributed by atoms with Gasteiger partial charge in [0.1, 0.15) is 23.8 Å². The summed E-state index contributed by atoms with van der Waals surface area (Å²) in [6.07, 6.45) is 3.94. The first kappa shape index (κ1) is 26.6. The monoisotopic (exact) mass is 554 g/mol. The van der Waals surface area contributed by atoms with Crippen LogP contribution in [-0.4, -0.2) is 61.3 Å². The third-order valence-electron chi connectivity index (χ3n) is 7.32. The number of nitrogens with zero attached hydrogens (tertiary/aromatic N) is 6. The lowest BCUT2D eigenvalue weighted by Crippen LogP contribution is -2.34. The zero-order valence-electron chi connectivity index (χ0n) is 22.2. The lowest BCUT2D eigenvalue weighted by atomic mass is 10.0. The van der Waals surface area contributed by atoms with Crippen molar-refractivity contribution in [1.29, 1.82) is 0 Å². The average Bonchev–Trinajstić information content (AvgIpc) is 3.30. The van der Waals surface area contributed by atoms with E-state index in [4.69, 9.17) is 21.0 Å². The van der Waals surface area contributed by atoms with Crippen molar-refractivity contribution in [3.8, 4) is 5.88 Å². The first-order valence-electron chi connectivity index (χ1n) is 13.4. The number of hydrogen-bond acceptors (Lipinski definition) is 7. The van der Waals surface area contributed by atoms with Crippen LogP contribution in [0.5, 0.6) is 5.88 Å². The minimum Gasteiger partial charge on any atom is -0.477 e. The maximum atomic E-state index is 14.2. The fourth-order valence-corrected chi connectivity index (χ4v) is 4.95. The second-order valence-corrected chi connectivity index (χ2v) is 10.0. The van der Waals surface area contributed by atoms with Crippen molar-refractivity contribution in [1.82, 2.24) is 24.4 Å². The van der Waals surface area contributed by atoms with Gasteiger partial charge in [0.2, 0.25) is 5.88 Å². The van der Waals surface area contributed by atoms with Crippen LogP contribution < -0.4 is 4.74 Å². The number of ether oxygens (including phenoxy) is 2. The van der Waals surface area contributed by atoms with Gasteiger partial charge in [0.25, 0.3) is 0 Å². The van der Waals surface area contributed by atoms with Crippen LogP contribution >= 0.6 is 0 Å². The van der Waals surface area contributed by atoms with Gasteiger partial charge in [-0.15, -0.1) is 0 Å². The molecule has 3 aromatic heterocycles. The molecule has 11 heteroatoms. The maximum absolute atomic E-state index is 14.2. The molecule has 1 N–H and O–H groups in total. The summed E-state index contributed by atoms with van der Waals surface area (Å²) in [5, 5.41) is 9.42. The number of imidazole rings is 1. The number of pyridine rings is 2. The molecule has 208 valence electrons. The van der Waals surface area contributed by atoms with Crippen molar-refractivity contribution >= 4 is 28.4 Å². The number of aromatic nitrogens is 4. The maximum Gasteiger partial charge on any atom is 0.354 e. The van der Waals surface area contributed by atoms with E-state index in [9.17, 15) is 14.3 Å². The molecule has 2 aliphatic rings. The molecule has 4 aromatic rings. The number of carbonyl (C=O) groups is 1. The van der Waals surface area contributed by atoms with Crippen LogP contribution in [0.1, 0.15) is 40.4 Å². The van der Waals surface area contributed by atoms with Gasteiger partial charge in [-0.25, -0.2) is 29.0 Å². The van der Waals surface area contributed by atoms with Crippen LogP contribution in [0.15, 0.2) is 54.6 Å². The largest absolute Gasteiger partial charge is 0.477 e. The molecule has 1 aromatic carbocycles. The van der Waals surface area contributed by atoms with Crippen LogP contribution in [0.3, 0.4) is 0 Å². The molecule has 0 amide bonds. The number of carboxylic acids is 1. The van der Waals surface area contributed by atoms with E-state index < -0.39 is 11.8 Å². The van der Waals surface area contributed by atoms with Crippen molar-refractivity contribution in [2.45, 2.75) is 38.6 Å². The molecule has 0 aliphatic carbocycles. The summed E-state index contributed by atoms with van der Waals surface area (Å²) in [5.74, 6) is -0.316. The highest BCUT2D eigenvalue weighted by Gasteiger charge is 2.24. The number of hydrogen-bond donors (Lipinski definition) is 1. The predicted molar refractivity (Wildman–Crippen MR) is 148 cm³/mol. The van der Waals surface area contributed by atoms with Gasteiger partial charge < -0.3 is 19.1 Å². The highest BCUT2D eigenvalue weighted by Crippen LogP contribution is 2.26. The van der Waals surface area contributed by atoms with Crippen LogP contribution in [-0.2, 0) is 24.4 Å². The number of benzene rings is 1. The van der Waals surface area contributed by atoms with Gasteiger partial charge >= 0.3 is 5.97 Å². The number of halogens is 1. The molecular weight excluding hydrogens is 527 g/mol. The van der Waals surface area contributed by atoms with E-state index in [2.05, 4.69) is 25.8 Å². The Kier molecular flexibility index (Phi) is 7.41. The van der Waals surface area contributed by atoms with E-state index >= 15 is 0 Å². The smallest absolute Gasteiger partial charge is 0.354 e. The van der Waals surface area contributed by atoms with E-state index in [0.717, 1.165) is 43.1 Å². The predicted octanol–water partition coefficient (Wildman–Crippen LogP) is 4.87. The number of fused-ring (bicyclic) bond motifs is 1. The molecule has 0 spiro atoms. The van der Waals surface area contributed by atoms with Gasteiger partial charge in [-0.05, 0) is 42.7 Å². The summed E-state index contributed by atoms with van der Waals surface area (Å²) in [6, 6.07) is 13.1. The van der Waals surface area contributed by atoms with E-state index in [1.165, 1.54) is 12.1 Å². The lowest BCUT2D eigenvalue weighted by molar-refractivity contribution is -0.0592. The van der Waals surface area contributed by atoms with Gasteiger partial charge in [0.05, 0.1) is 31.5 Å². The molecule has 6 rings (SSSR count). The van der Waals surface area contributed by atoms with Crippen molar-refractivity contribution in [3.63, 3.8) is 0 Å². The summed E-state index contributed by atoms with van der Waals surface area (Å²) in [5.41, 5.74) is 3.74. The van der Waals surface area contributed by atoms with Crippen LogP contribution in [0.4, 0.5) is 10.1 Å². The summed E-state index contributed by atoms with van der Waals surface area (Å²) in [6.45, 7) is 10.4. The van der Waals surface area contributed by atoms with Crippen molar-refractivity contribution < 1.29 is 23.8 Å². The molecule has 1 atom stereocenters. The van der Waals surface area contributed by atoms with Crippen molar-refractivity contribution in [2.24, 2.45) is 0 Å². The van der Waals surface area contributed by atoms with Gasteiger partial charge in [0.15, 0.2) is 17.0 Å². The van der Waals surface area contributed by atoms with Crippen LogP contribution in [0, 0.1) is 12.4 Å². The van der Waals surface area contributed by atoms with Gasteiger partial charge in [-0.1, -0.05) is 24.3 Å². The molecule has 0 saturated carbocycles. The van der Waals surface area contributed by atoms with Crippen molar-refractivity contribution in [3.05, 3.63) is 94.6 Å². The fourth-order valence-electron chi connectivity index (χ4n) is 4.95. The summed E-state index contributed by atoms with van der Waals surface area (Å²) >= 11 is 0. The number of rotatable bonds is 9. The highest BCUT2D eigenvalue weighted by atomic mass is 19.1. The summed E-state index contributed by atoms with van der Waals surface area (Å²) in [4.78, 5) is 30.8. The van der Waals surface area contributed by atoms with Gasteiger partial charge in [-0.3, -0.25) is 4.90 Å². The molecule has 0 unspecified atom stereocenters. The molecule has 0 radical (unpaired) electrons. The third kappa shape index (κ3) is 5.79. The second-order valence-electron chi connectivity index (χ2n) is 10.0. The first-order valence-corrected chi connectivity index (χ1v) is 13.4. The molecule has 2 aliphatic heterocycles. The SMILES string of the molecule is [C-]#[N+]c1ccc(COc2cccc(C3=CCN(Cc4nc5ccc(C(=O)O)nc5n4C[C@@H]4CCO4)CC3)n2)c(F)c1. The fraction of sp³-hybridized carbons (Fsp3) is 0.300. The number of carboxylic acid groups (broad SMARTS) is 1. The minimum atomic E-state index is -1.07. The van der Waals surface area contributed by atoms with E-state index in [1.807, 2.05) is 16.7 Å². The second kappa shape index (κ2) is 11.4. The molecule has 1 saturated heterocycles. The van der Waals surface area contributed by atoms with Gasteiger partial charge in [0, 0.05) is 31.3 Å². The van der Waals surface area contributed by atoms with E-state index in [0.29, 0.717) is 42.2 Å². The van der Waals surface area contributed by atoms with Crippen LogP contribution in [0.25, 0.3) is 21.6 Å². The van der Waals surface area contributed by atoms with E-state index in [-0.39, 0.29) is 24.1 Å². The van der Waals surface area contributed by atoms with Crippen LogP contribution in [0.2, 0.25) is 0 Å². The van der Waals surface area contributed by atoms with E-state index in [1.54, 1.807) is 24.3 Å². The molecule has 41 heavy (non-hydrogen) atoms. The van der Waals surface area contributed by atoms with Crippen molar-refractivity contribution in [2.75, 3.05) is 19.7 Å². The Balaban J connectivity index is 1.14. The van der Waals surface area contributed by atoms with Gasteiger partial charge in [-0.2, -0.15) is 0 Å². The lowest BCUT2D eigenvalue weighted by Gasteiger charge is -2.29. The Hall–Kier alpha value is -4.66. The number of aromatic carboxylic acids is 1. The normalized spacial score (nSPS) is 17.1. The molecule has 10 nitrogen and oxygen atoms in total. The Morgan fingerprint density at radius 3 is 2.78 bits per heavy atom. The Morgan fingerprint density at radius 2 is 2.07 bits per heavy atom. The average molecular weight is 555 g/mol. The zero-order chi connectivity index (χ0) is 28.3. The topological polar surface area (TPSA) is 107 Å². The standard InChI is InChI=1S/C30H27FN6O4/c1-32-21-6-5-20(23(31)15-21)18-41-28-4-2-3-24(34-28)19-9-12-36(13-10-19)17-27-33-25-7-8-26(30(38)39)35-29(25)37(27)16-22-11-14-40-22/h2-9,15,22H,10-14,16-18H2,(H,38,39)/t22-/m0/s1. The summed E-state index contributed by atoms with van der Waals surface area (Å²) < 4.78 is 27.6. The highest BCUT2D eigenvalue weighted by molar-refractivity contribution is 5.88. The quantitative estimate of drug-likeness (QED) is 0.292. The molecule has 0 bridgehead atoms. The zero-order valence-corrected chi connectivity index (χ0v) is 22.2. The Morgan fingerprint density at radius 1 is 1.20 bits per heavy atom. The molecule has 5 heterocycles. The molecular formula is C30H27FN6O4. The Labute approximate surface area is 235 Å².